The average Bonchev–Trinajstić information content (AvgIpc) is 2.75. The van der Waals surface area contributed by atoms with Gasteiger partial charge < -0.3 is 24.4 Å². The molecule has 186 valence electrons. The number of rotatable bonds is 10. The number of hydrogen-bond acceptors (Lipinski definition) is 9. The zero-order valence-electron chi connectivity index (χ0n) is 20.4. The van der Waals surface area contributed by atoms with Gasteiger partial charge in [-0.2, -0.15) is 0 Å². The van der Waals surface area contributed by atoms with Gasteiger partial charge in [0.05, 0.1) is 25.2 Å². The summed E-state index contributed by atoms with van der Waals surface area (Å²) in [6, 6.07) is 6.14. The molecule has 1 aromatic heterocycles. The first-order valence-corrected chi connectivity index (χ1v) is 11.2. The van der Waals surface area contributed by atoms with Crippen LogP contribution in [0.1, 0.15) is 52.4 Å². The molecule has 0 amide bonds. The topological polar surface area (TPSA) is 135 Å². The SMILES string of the molecule is CCOC(=O)[C@@](N)(Cc1ccc2oc(CCCOC(C)=O)cc(=O)c2c1)C(=O)OCC(C)(C)C. The van der Waals surface area contributed by atoms with Gasteiger partial charge in [-0.15, -0.1) is 0 Å². The number of fused-ring (bicyclic) bond motifs is 1. The van der Waals surface area contributed by atoms with Crippen molar-refractivity contribution in [3.63, 3.8) is 0 Å². The molecule has 9 nitrogen and oxygen atoms in total. The van der Waals surface area contributed by atoms with Crippen molar-refractivity contribution in [2.24, 2.45) is 11.1 Å². The lowest BCUT2D eigenvalue weighted by molar-refractivity contribution is -0.166. The van der Waals surface area contributed by atoms with E-state index in [1.165, 1.54) is 13.0 Å². The molecule has 0 saturated carbocycles. The summed E-state index contributed by atoms with van der Waals surface area (Å²) in [5.41, 5.74) is 4.42. The van der Waals surface area contributed by atoms with Gasteiger partial charge in [0.25, 0.3) is 0 Å². The van der Waals surface area contributed by atoms with E-state index in [1.54, 1.807) is 25.1 Å². The number of carbonyl (C=O) groups excluding carboxylic acids is 3. The first kappa shape index (κ1) is 27.0. The van der Waals surface area contributed by atoms with E-state index >= 15 is 0 Å². The zero-order chi connectivity index (χ0) is 25.5. The molecule has 0 aliphatic heterocycles. The Morgan fingerprint density at radius 3 is 2.32 bits per heavy atom. The van der Waals surface area contributed by atoms with E-state index in [0.29, 0.717) is 29.7 Å². The Bertz CT molecular complexity index is 1100. The van der Waals surface area contributed by atoms with Crippen LogP contribution >= 0.6 is 0 Å². The summed E-state index contributed by atoms with van der Waals surface area (Å²) in [7, 11) is 0. The summed E-state index contributed by atoms with van der Waals surface area (Å²) in [5, 5.41) is 0.288. The van der Waals surface area contributed by atoms with Gasteiger partial charge in [-0.3, -0.25) is 9.59 Å². The number of aryl methyl sites for hydroxylation is 1. The minimum atomic E-state index is -2.06. The van der Waals surface area contributed by atoms with Crippen LogP contribution in [0, 0.1) is 5.41 Å². The van der Waals surface area contributed by atoms with Crippen molar-refractivity contribution in [3.8, 4) is 0 Å². The van der Waals surface area contributed by atoms with E-state index in [2.05, 4.69) is 0 Å². The summed E-state index contributed by atoms with van der Waals surface area (Å²) in [6.07, 6.45) is 0.723. The predicted octanol–water partition coefficient (Wildman–Crippen LogP) is 2.68. The second-order valence-corrected chi connectivity index (χ2v) is 9.36. The normalized spacial score (nSPS) is 13.2. The fraction of sp³-hybridized carbons (Fsp3) is 0.520. The summed E-state index contributed by atoms with van der Waals surface area (Å²) in [4.78, 5) is 49.0. The molecule has 1 atom stereocenters. The van der Waals surface area contributed by atoms with Crippen LogP contribution in [-0.4, -0.2) is 43.3 Å². The zero-order valence-corrected chi connectivity index (χ0v) is 20.4. The minimum Gasteiger partial charge on any atom is -0.466 e. The second kappa shape index (κ2) is 11.3. The molecule has 0 fully saturated rings. The van der Waals surface area contributed by atoms with Crippen LogP contribution in [0.2, 0.25) is 0 Å². The maximum Gasteiger partial charge on any atom is 0.338 e. The van der Waals surface area contributed by atoms with Crippen molar-refractivity contribution in [2.75, 3.05) is 19.8 Å². The third kappa shape index (κ3) is 7.41. The second-order valence-electron chi connectivity index (χ2n) is 9.36. The lowest BCUT2D eigenvalue weighted by Gasteiger charge is -2.27. The lowest BCUT2D eigenvalue weighted by Crippen LogP contribution is -2.58. The van der Waals surface area contributed by atoms with Crippen LogP contribution in [-0.2, 0) is 41.4 Å². The summed E-state index contributed by atoms with van der Waals surface area (Å²) < 4.78 is 21.0. The van der Waals surface area contributed by atoms with Gasteiger partial charge in [0, 0.05) is 25.8 Å². The Labute approximate surface area is 198 Å². The molecule has 0 saturated heterocycles. The van der Waals surface area contributed by atoms with E-state index in [1.807, 2.05) is 20.8 Å². The average molecular weight is 476 g/mol. The Kier molecular flexibility index (Phi) is 8.98. The van der Waals surface area contributed by atoms with E-state index in [4.69, 9.17) is 24.4 Å². The minimum absolute atomic E-state index is 0.0475. The Morgan fingerprint density at radius 2 is 1.71 bits per heavy atom. The summed E-state index contributed by atoms with van der Waals surface area (Å²) in [5.74, 6) is -1.70. The molecule has 0 spiro atoms. The van der Waals surface area contributed by atoms with Crippen molar-refractivity contribution in [3.05, 3.63) is 45.8 Å². The molecule has 0 unspecified atom stereocenters. The van der Waals surface area contributed by atoms with Gasteiger partial charge in [0.15, 0.2) is 5.43 Å². The number of esters is 3. The number of hydrogen-bond donors (Lipinski definition) is 1. The number of nitrogens with two attached hydrogens (primary N) is 1. The third-order valence-corrected chi connectivity index (χ3v) is 4.84. The molecule has 34 heavy (non-hydrogen) atoms. The molecule has 0 bridgehead atoms. The summed E-state index contributed by atoms with van der Waals surface area (Å²) >= 11 is 0. The highest BCUT2D eigenvalue weighted by Crippen LogP contribution is 2.22. The predicted molar refractivity (Wildman–Crippen MR) is 125 cm³/mol. The summed E-state index contributed by atoms with van der Waals surface area (Å²) in [6.45, 7) is 8.95. The lowest BCUT2D eigenvalue weighted by atomic mass is 9.91. The van der Waals surface area contributed by atoms with Gasteiger partial charge in [0.1, 0.15) is 11.3 Å². The molecule has 0 aliphatic rings. The van der Waals surface area contributed by atoms with Crippen molar-refractivity contribution in [2.45, 2.75) is 59.4 Å². The standard InChI is InChI=1S/C25H33NO8/c1-6-31-22(29)25(26,23(30)33-15-24(3,4)5)14-17-9-10-21-19(12-17)20(28)13-18(34-21)8-7-11-32-16(2)27/h9-10,12-13H,6-8,11,14-15,26H2,1-5H3/t25-/m0/s1. The van der Waals surface area contributed by atoms with Crippen LogP contribution in [0.3, 0.4) is 0 Å². The molecule has 2 aromatic rings. The Hall–Kier alpha value is -3.20. The van der Waals surface area contributed by atoms with Gasteiger partial charge in [-0.25, -0.2) is 9.59 Å². The molecule has 2 N–H and O–H groups in total. The fourth-order valence-corrected chi connectivity index (χ4v) is 3.17. The van der Waals surface area contributed by atoms with E-state index in [0.717, 1.165) is 0 Å². The van der Waals surface area contributed by atoms with Crippen molar-refractivity contribution < 1.29 is 33.0 Å². The van der Waals surface area contributed by atoms with Crippen molar-refractivity contribution in [1.29, 1.82) is 0 Å². The van der Waals surface area contributed by atoms with Gasteiger partial charge in [-0.1, -0.05) is 26.8 Å². The maximum atomic E-state index is 12.8. The Morgan fingerprint density at radius 1 is 1.03 bits per heavy atom. The first-order valence-electron chi connectivity index (χ1n) is 11.2. The van der Waals surface area contributed by atoms with Crippen molar-refractivity contribution >= 4 is 28.9 Å². The highest BCUT2D eigenvalue weighted by atomic mass is 16.6. The Balaban J connectivity index is 2.28. The van der Waals surface area contributed by atoms with Gasteiger partial charge in [-0.05, 0) is 36.5 Å². The van der Waals surface area contributed by atoms with Crippen molar-refractivity contribution in [1.82, 2.24) is 0 Å². The molecule has 0 aliphatic carbocycles. The van der Waals surface area contributed by atoms with E-state index in [-0.39, 0.29) is 48.4 Å². The molecule has 9 heteroatoms. The smallest absolute Gasteiger partial charge is 0.338 e. The molecule has 2 rings (SSSR count). The van der Waals surface area contributed by atoms with Gasteiger partial charge >= 0.3 is 17.9 Å². The van der Waals surface area contributed by atoms with Crippen LogP contribution in [0.5, 0.6) is 0 Å². The van der Waals surface area contributed by atoms with Gasteiger partial charge in [0.2, 0.25) is 5.54 Å². The third-order valence-electron chi connectivity index (χ3n) is 4.84. The largest absolute Gasteiger partial charge is 0.466 e. The van der Waals surface area contributed by atoms with Crippen LogP contribution in [0.15, 0.2) is 33.5 Å². The number of benzene rings is 1. The van der Waals surface area contributed by atoms with E-state index in [9.17, 15) is 19.2 Å². The molecular formula is C25H33NO8. The highest BCUT2D eigenvalue weighted by molar-refractivity contribution is 6.05. The van der Waals surface area contributed by atoms with Crippen LogP contribution in [0.25, 0.3) is 11.0 Å². The molecule has 1 aromatic carbocycles. The number of carbonyl (C=O) groups is 3. The monoisotopic (exact) mass is 475 g/mol. The molecule has 0 radical (unpaired) electrons. The first-order chi connectivity index (χ1) is 15.9. The number of ether oxygens (including phenoxy) is 3. The van der Waals surface area contributed by atoms with Crippen LogP contribution < -0.4 is 11.2 Å². The van der Waals surface area contributed by atoms with E-state index < -0.39 is 17.5 Å². The molecular weight excluding hydrogens is 442 g/mol. The molecule has 1 heterocycles. The highest BCUT2D eigenvalue weighted by Gasteiger charge is 2.46. The van der Waals surface area contributed by atoms with Crippen LogP contribution in [0.4, 0.5) is 0 Å². The quantitative estimate of drug-likeness (QED) is 0.238. The maximum absolute atomic E-state index is 12.8. The fourth-order valence-electron chi connectivity index (χ4n) is 3.17.